The summed E-state index contributed by atoms with van der Waals surface area (Å²) >= 11 is 0. The predicted octanol–water partition coefficient (Wildman–Crippen LogP) is 7.93. The van der Waals surface area contributed by atoms with Gasteiger partial charge in [0.25, 0.3) is 0 Å². The van der Waals surface area contributed by atoms with E-state index in [9.17, 15) is 22.4 Å². The number of amides is 2. The lowest BCUT2D eigenvalue weighted by atomic mass is 9.87. The first-order valence-corrected chi connectivity index (χ1v) is 14.5. The molecule has 3 aromatic carbocycles. The lowest BCUT2D eigenvalue weighted by molar-refractivity contribution is -0.138. The molecule has 0 bridgehead atoms. The maximum absolute atomic E-state index is 15.9. The van der Waals surface area contributed by atoms with Crippen LogP contribution in [0.4, 0.5) is 36.8 Å². The highest BCUT2D eigenvalue weighted by molar-refractivity contribution is 5.88. The van der Waals surface area contributed by atoms with Crippen LogP contribution in [0.25, 0.3) is 16.9 Å². The average molecular weight is 630 g/mol. The third-order valence-corrected chi connectivity index (χ3v) is 8.36. The smallest absolute Gasteiger partial charge is 0.351 e. The van der Waals surface area contributed by atoms with Gasteiger partial charge in [-0.3, -0.25) is 4.90 Å². The molecule has 4 aromatic rings. The van der Waals surface area contributed by atoms with Crippen LogP contribution in [0.3, 0.4) is 0 Å². The molecule has 1 aliphatic heterocycles. The molecule has 0 saturated heterocycles. The molecule has 0 spiro atoms. The first-order chi connectivity index (χ1) is 21.1. The van der Waals surface area contributed by atoms with E-state index >= 15 is 8.78 Å². The fourth-order valence-electron chi connectivity index (χ4n) is 6.04. The number of nitrogens with two attached hydrogens (primary N) is 1. The number of aryl methyl sites for hydroxylation is 2. The molecule has 5 rings (SSSR count). The molecule has 0 unspecified atom stereocenters. The molecule has 1 aromatic heterocycles. The van der Waals surface area contributed by atoms with E-state index in [1.54, 1.807) is 9.58 Å². The number of primary amides is 1. The molecule has 2 heterocycles. The SMILES string of the molecule is CCc1cccc(CC)c1-n1nc2c(c1-c1cc(F)c(NC(N)=O)cc1F)CN(Cc1ccc(F)cc1C(F)(F)F)C(C)(C)C2. The molecule has 2 amide bonds. The molecule has 0 fully saturated rings. The van der Waals surface area contributed by atoms with Crippen molar-refractivity contribution in [2.45, 2.75) is 71.8 Å². The zero-order chi connectivity index (χ0) is 32.8. The van der Waals surface area contributed by atoms with Crippen LogP contribution >= 0.6 is 0 Å². The largest absolute Gasteiger partial charge is 0.416 e. The number of fused-ring (bicyclic) bond motifs is 1. The Morgan fingerprint density at radius 3 is 2.24 bits per heavy atom. The Kier molecular flexibility index (Phi) is 8.47. The number of rotatable bonds is 7. The first kappa shape index (κ1) is 32.1. The second-order valence-electron chi connectivity index (χ2n) is 11.8. The van der Waals surface area contributed by atoms with Gasteiger partial charge in [-0.25, -0.2) is 22.6 Å². The van der Waals surface area contributed by atoms with E-state index in [-0.39, 0.29) is 36.3 Å². The van der Waals surface area contributed by atoms with E-state index < -0.39 is 46.4 Å². The summed E-state index contributed by atoms with van der Waals surface area (Å²) in [5.74, 6) is -2.78. The van der Waals surface area contributed by atoms with Gasteiger partial charge in [0.15, 0.2) is 0 Å². The molecule has 3 N–H and O–H groups in total. The highest BCUT2D eigenvalue weighted by Gasteiger charge is 2.40. The van der Waals surface area contributed by atoms with Crippen molar-refractivity contribution in [2.75, 3.05) is 5.32 Å². The summed E-state index contributed by atoms with van der Waals surface area (Å²) in [7, 11) is 0. The number of carbonyl (C=O) groups is 1. The first-order valence-electron chi connectivity index (χ1n) is 14.5. The van der Waals surface area contributed by atoms with Gasteiger partial charge in [0, 0.05) is 42.2 Å². The second kappa shape index (κ2) is 11.9. The summed E-state index contributed by atoms with van der Waals surface area (Å²) in [6, 6.07) is 9.10. The Balaban J connectivity index is 1.73. The van der Waals surface area contributed by atoms with E-state index in [1.165, 1.54) is 0 Å². The minimum absolute atomic E-state index is 0.0461. The molecule has 0 saturated carbocycles. The molecule has 0 radical (unpaired) electrons. The molecule has 238 valence electrons. The van der Waals surface area contributed by atoms with Gasteiger partial charge in [0.05, 0.1) is 28.3 Å². The zero-order valence-electron chi connectivity index (χ0n) is 25.2. The van der Waals surface area contributed by atoms with Crippen LogP contribution in [0.15, 0.2) is 48.5 Å². The zero-order valence-corrected chi connectivity index (χ0v) is 25.2. The Hall–Kier alpha value is -4.32. The van der Waals surface area contributed by atoms with Gasteiger partial charge in [-0.05, 0) is 61.6 Å². The quantitative estimate of drug-likeness (QED) is 0.204. The number of halogens is 6. The minimum Gasteiger partial charge on any atom is -0.351 e. The van der Waals surface area contributed by atoms with Crippen LogP contribution in [0, 0.1) is 17.5 Å². The summed E-state index contributed by atoms with van der Waals surface area (Å²) in [5.41, 5.74) is 6.57. The maximum atomic E-state index is 15.9. The van der Waals surface area contributed by atoms with Gasteiger partial charge >= 0.3 is 12.2 Å². The Bertz CT molecular complexity index is 1760. The molecule has 0 aliphatic carbocycles. The maximum Gasteiger partial charge on any atom is 0.416 e. The van der Waals surface area contributed by atoms with Gasteiger partial charge < -0.3 is 11.1 Å². The van der Waals surface area contributed by atoms with E-state index in [2.05, 4.69) is 5.32 Å². The number of benzene rings is 3. The highest BCUT2D eigenvalue weighted by atomic mass is 19.4. The van der Waals surface area contributed by atoms with Crippen LogP contribution in [0.2, 0.25) is 0 Å². The van der Waals surface area contributed by atoms with Gasteiger partial charge in [0.2, 0.25) is 0 Å². The van der Waals surface area contributed by atoms with Crippen molar-refractivity contribution in [2.24, 2.45) is 5.73 Å². The average Bonchev–Trinajstić information content (AvgIpc) is 3.30. The van der Waals surface area contributed by atoms with Crippen LogP contribution in [0.5, 0.6) is 0 Å². The third kappa shape index (κ3) is 6.15. The fraction of sp³-hybridized carbons (Fsp3) is 0.333. The Morgan fingerprint density at radius 1 is 0.978 bits per heavy atom. The number of para-hydroxylation sites is 1. The number of alkyl halides is 3. The molecule has 12 heteroatoms. The molecule has 45 heavy (non-hydrogen) atoms. The summed E-state index contributed by atoms with van der Waals surface area (Å²) in [6.45, 7) is 7.54. The monoisotopic (exact) mass is 629 g/mol. The molecule has 1 aliphatic rings. The normalized spacial score (nSPS) is 14.8. The van der Waals surface area contributed by atoms with Gasteiger partial charge in [-0.1, -0.05) is 38.1 Å². The van der Waals surface area contributed by atoms with E-state index in [4.69, 9.17) is 10.8 Å². The lowest BCUT2D eigenvalue weighted by Gasteiger charge is -2.42. The number of nitrogens with one attached hydrogen (secondary N) is 1. The van der Waals surface area contributed by atoms with Crippen molar-refractivity contribution in [3.05, 3.63) is 99.5 Å². The van der Waals surface area contributed by atoms with E-state index in [0.717, 1.165) is 35.4 Å². The van der Waals surface area contributed by atoms with Gasteiger partial charge in [-0.2, -0.15) is 18.3 Å². The number of hydrogen-bond donors (Lipinski definition) is 2. The molecule has 0 atom stereocenters. The van der Waals surface area contributed by atoms with Crippen LogP contribution in [0.1, 0.15) is 61.2 Å². The summed E-state index contributed by atoms with van der Waals surface area (Å²) in [5, 5.41) is 7.02. The number of urea groups is 1. The second-order valence-corrected chi connectivity index (χ2v) is 11.8. The fourth-order valence-corrected chi connectivity index (χ4v) is 6.04. The van der Waals surface area contributed by atoms with Crippen LogP contribution in [-0.4, -0.2) is 26.3 Å². The predicted molar refractivity (Wildman–Crippen MR) is 159 cm³/mol. The third-order valence-electron chi connectivity index (χ3n) is 8.36. The van der Waals surface area contributed by atoms with Crippen LogP contribution < -0.4 is 11.1 Å². The van der Waals surface area contributed by atoms with Gasteiger partial charge in [0.1, 0.15) is 17.5 Å². The number of anilines is 1. The van der Waals surface area contributed by atoms with Crippen molar-refractivity contribution < 1.29 is 31.1 Å². The summed E-state index contributed by atoms with van der Waals surface area (Å²) in [6.07, 6.45) is -3.26. The minimum atomic E-state index is -4.78. The number of nitrogens with zero attached hydrogens (tertiary/aromatic N) is 3. The number of hydrogen-bond acceptors (Lipinski definition) is 3. The van der Waals surface area contributed by atoms with Crippen molar-refractivity contribution in [1.82, 2.24) is 14.7 Å². The molecular formula is C33H33F6N5O. The van der Waals surface area contributed by atoms with Crippen molar-refractivity contribution in [3.8, 4) is 16.9 Å². The topological polar surface area (TPSA) is 76.2 Å². The standard InChI is InChI=1S/C33H33F6N5O/c1-5-18-8-7-9-19(6-2)29(18)44-30(22-13-26(36)27(14-25(22)35)41-31(40)45)23-17-43(32(3,4)15-28(23)42-44)16-20-10-11-21(34)12-24(20)33(37,38)39/h7-14H,5-6,15-17H2,1-4H3,(H3,40,41,45). The Labute approximate surface area is 256 Å². The highest BCUT2D eigenvalue weighted by Crippen LogP contribution is 2.42. The van der Waals surface area contributed by atoms with Crippen LogP contribution in [-0.2, 0) is 38.5 Å². The van der Waals surface area contributed by atoms with E-state index in [0.29, 0.717) is 35.9 Å². The molecule has 6 nitrogen and oxygen atoms in total. The number of carbonyl (C=O) groups excluding carboxylic acids is 1. The summed E-state index contributed by atoms with van der Waals surface area (Å²) in [4.78, 5) is 13.2. The summed E-state index contributed by atoms with van der Waals surface area (Å²) < 4.78 is 88.5. The van der Waals surface area contributed by atoms with E-state index in [1.807, 2.05) is 45.9 Å². The van der Waals surface area contributed by atoms with Crippen molar-refractivity contribution >= 4 is 11.7 Å². The lowest BCUT2D eigenvalue weighted by Crippen LogP contribution is -2.48. The van der Waals surface area contributed by atoms with Crippen molar-refractivity contribution in [1.29, 1.82) is 0 Å². The molecular weight excluding hydrogens is 596 g/mol. The number of aromatic nitrogens is 2. The van der Waals surface area contributed by atoms with Gasteiger partial charge in [-0.15, -0.1) is 0 Å². The Morgan fingerprint density at radius 2 is 1.64 bits per heavy atom. The van der Waals surface area contributed by atoms with Crippen molar-refractivity contribution in [3.63, 3.8) is 0 Å².